The zero-order chi connectivity index (χ0) is 9.54. The number of rotatable bonds is 0. The van der Waals surface area contributed by atoms with Crippen molar-refractivity contribution in [2.75, 3.05) is 0 Å². The Balaban J connectivity index is 1.95. The summed E-state index contributed by atoms with van der Waals surface area (Å²) in [7, 11) is 0. The van der Waals surface area contributed by atoms with Gasteiger partial charge < -0.3 is 0 Å². The smallest absolute Gasteiger partial charge is 0.0174 e. The Morgan fingerprint density at radius 3 is 2.57 bits per heavy atom. The zero-order valence-corrected chi connectivity index (χ0v) is 9.39. The van der Waals surface area contributed by atoms with Gasteiger partial charge in [-0.15, -0.1) is 0 Å². The number of fused-ring (bicyclic) bond motifs is 2. The fraction of sp³-hybridized carbons (Fsp3) is 0.857. The molecule has 0 saturated heterocycles. The van der Waals surface area contributed by atoms with Crippen molar-refractivity contribution in [1.82, 2.24) is 0 Å². The van der Waals surface area contributed by atoms with Crippen LogP contribution in [-0.4, -0.2) is 0 Å². The minimum atomic E-state index is 0.993. The lowest BCUT2D eigenvalue weighted by Crippen LogP contribution is -2.25. The van der Waals surface area contributed by atoms with Crippen LogP contribution in [0.25, 0.3) is 0 Å². The van der Waals surface area contributed by atoms with Crippen molar-refractivity contribution in [3.8, 4) is 0 Å². The van der Waals surface area contributed by atoms with Crippen LogP contribution in [0.2, 0.25) is 0 Å². The Labute approximate surface area is 87.8 Å². The summed E-state index contributed by atoms with van der Waals surface area (Å²) in [6.45, 7) is 2.49. The van der Waals surface area contributed by atoms with E-state index in [2.05, 4.69) is 6.92 Å². The van der Waals surface area contributed by atoms with Gasteiger partial charge in [0, 0.05) is 0 Å². The summed E-state index contributed by atoms with van der Waals surface area (Å²) >= 11 is 0. The van der Waals surface area contributed by atoms with Crippen LogP contribution in [0.4, 0.5) is 0 Å². The third kappa shape index (κ3) is 1.26. The second-order valence-electron chi connectivity index (χ2n) is 5.69. The van der Waals surface area contributed by atoms with Crippen LogP contribution < -0.4 is 0 Å². The van der Waals surface area contributed by atoms with Gasteiger partial charge in [0.15, 0.2) is 0 Å². The Morgan fingerprint density at radius 2 is 1.64 bits per heavy atom. The maximum Gasteiger partial charge on any atom is -0.0174 e. The van der Waals surface area contributed by atoms with Gasteiger partial charge in [-0.2, -0.15) is 0 Å². The molecule has 0 nitrogen and oxygen atoms in total. The van der Waals surface area contributed by atoms with Crippen molar-refractivity contribution in [2.45, 2.75) is 58.3 Å². The predicted octanol–water partition coefficient (Wildman–Crippen LogP) is 4.31. The molecule has 0 amide bonds. The highest BCUT2D eigenvalue weighted by molar-refractivity contribution is 5.27. The molecule has 0 aromatic carbocycles. The van der Waals surface area contributed by atoms with Gasteiger partial charge in [0.05, 0.1) is 0 Å². The quantitative estimate of drug-likeness (QED) is 0.499. The molecule has 0 aliphatic heterocycles. The lowest BCUT2D eigenvalue weighted by atomic mass is 9.67. The summed E-state index contributed by atoms with van der Waals surface area (Å²) in [4.78, 5) is 0. The van der Waals surface area contributed by atoms with Crippen LogP contribution in [0.1, 0.15) is 58.3 Å². The molecule has 0 radical (unpaired) electrons. The molecular weight excluding hydrogens is 168 g/mol. The van der Waals surface area contributed by atoms with Crippen LogP contribution >= 0.6 is 0 Å². The lowest BCUT2D eigenvalue weighted by Gasteiger charge is -2.38. The van der Waals surface area contributed by atoms with Crippen LogP contribution in [-0.2, 0) is 0 Å². The van der Waals surface area contributed by atoms with Crippen molar-refractivity contribution in [1.29, 1.82) is 0 Å². The Hall–Kier alpha value is -0.260. The molecule has 0 bridgehead atoms. The fourth-order valence-corrected chi connectivity index (χ4v) is 4.24. The maximum atomic E-state index is 2.49. The molecule has 2 unspecified atom stereocenters. The molecular formula is C14H22. The van der Waals surface area contributed by atoms with E-state index in [9.17, 15) is 0 Å². The van der Waals surface area contributed by atoms with E-state index in [4.69, 9.17) is 0 Å². The first-order valence-electron chi connectivity index (χ1n) is 6.58. The van der Waals surface area contributed by atoms with Gasteiger partial charge in [0.1, 0.15) is 0 Å². The van der Waals surface area contributed by atoms with E-state index < -0.39 is 0 Å². The minimum absolute atomic E-state index is 0.993. The van der Waals surface area contributed by atoms with E-state index in [1.807, 2.05) is 11.1 Å². The van der Waals surface area contributed by atoms with Crippen LogP contribution in [0, 0.1) is 17.8 Å². The molecule has 0 aromatic heterocycles. The van der Waals surface area contributed by atoms with Crippen LogP contribution in [0.15, 0.2) is 11.1 Å². The molecule has 3 rings (SSSR count). The highest BCUT2D eigenvalue weighted by Crippen LogP contribution is 2.50. The Kier molecular flexibility index (Phi) is 2.18. The largest absolute Gasteiger partial charge is 0.0676 e. The van der Waals surface area contributed by atoms with Gasteiger partial charge in [-0.25, -0.2) is 0 Å². The standard InChI is InChI=1S/C14H22/c1-10-4-2-7-14-12(10)9-8-11-5-3-6-13(11)14/h10-12H,2-9H2,1H3/t10-,11?,12?/m1/s1. The second-order valence-corrected chi connectivity index (χ2v) is 5.69. The summed E-state index contributed by atoms with van der Waals surface area (Å²) in [5.41, 5.74) is 3.88. The molecule has 3 aliphatic carbocycles. The monoisotopic (exact) mass is 190 g/mol. The molecule has 3 aliphatic rings. The van der Waals surface area contributed by atoms with Crippen LogP contribution in [0.5, 0.6) is 0 Å². The Morgan fingerprint density at radius 1 is 0.857 bits per heavy atom. The summed E-state index contributed by atoms with van der Waals surface area (Å²) in [6, 6.07) is 0. The Bertz CT molecular complexity index is 261. The SMILES string of the molecule is C[C@@H]1CCCC2=C3CCCC3CCC21. The van der Waals surface area contributed by atoms with E-state index in [0.717, 1.165) is 17.8 Å². The first-order chi connectivity index (χ1) is 6.86. The molecule has 0 aromatic rings. The third-order valence-electron chi connectivity index (χ3n) is 4.97. The third-order valence-corrected chi connectivity index (χ3v) is 4.97. The molecule has 2 saturated carbocycles. The fourth-order valence-electron chi connectivity index (χ4n) is 4.24. The molecule has 0 heterocycles. The molecule has 2 fully saturated rings. The summed E-state index contributed by atoms with van der Waals surface area (Å²) in [6.07, 6.45) is 11.9. The van der Waals surface area contributed by atoms with Crippen LogP contribution in [0.3, 0.4) is 0 Å². The van der Waals surface area contributed by atoms with Gasteiger partial charge in [0.2, 0.25) is 0 Å². The highest BCUT2D eigenvalue weighted by atomic mass is 14.4. The van der Waals surface area contributed by atoms with Gasteiger partial charge in [-0.05, 0) is 69.1 Å². The normalized spacial score (nSPS) is 42.2. The van der Waals surface area contributed by atoms with Crippen molar-refractivity contribution < 1.29 is 0 Å². The number of allylic oxidation sites excluding steroid dienone is 2. The average Bonchev–Trinajstić information content (AvgIpc) is 2.66. The van der Waals surface area contributed by atoms with Gasteiger partial charge in [0.25, 0.3) is 0 Å². The van der Waals surface area contributed by atoms with Gasteiger partial charge >= 0.3 is 0 Å². The summed E-state index contributed by atoms with van der Waals surface area (Å²) in [5, 5.41) is 0. The van der Waals surface area contributed by atoms with Crippen molar-refractivity contribution in [3.05, 3.63) is 11.1 Å². The highest BCUT2D eigenvalue weighted by Gasteiger charge is 2.35. The lowest BCUT2D eigenvalue weighted by molar-refractivity contribution is 0.272. The van der Waals surface area contributed by atoms with E-state index >= 15 is 0 Å². The van der Waals surface area contributed by atoms with Crippen molar-refractivity contribution in [3.63, 3.8) is 0 Å². The van der Waals surface area contributed by atoms with E-state index in [1.54, 1.807) is 0 Å². The van der Waals surface area contributed by atoms with Crippen molar-refractivity contribution in [2.24, 2.45) is 17.8 Å². The first kappa shape index (κ1) is 9.00. The minimum Gasteiger partial charge on any atom is -0.0676 e. The molecule has 3 atom stereocenters. The average molecular weight is 190 g/mol. The number of hydrogen-bond donors (Lipinski definition) is 0. The topological polar surface area (TPSA) is 0 Å². The van der Waals surface area contributed by atoms with Gasteiger partial charge in [-0.3, -0.25) is 0 Å². The van der Waals surface area contributed by atoms with E-state index in [0.29, 0.717) is 0 Å². The zero-order valence-electron chi connectivity index (χ0n) is 9.39. The summed E-state index contributed by atoms with van der Waals surface area (Å²) in [5.74, 6) is 3.03. The molecule has 0 heteroatoms. The molecule has 0 N–H and O–H groups in total. The number of hydrogen-bond acceptors (Lipinski definition) is 0. The van der Waals surface area contributed by atoms with E-state index in [-0.39, 0.29) is 0 Å². The van der Waals surface area contributed by atoms with E-state index in [1.165, 1.54) is 51.4 Å². The molecule has 78 valence electrons. The molecule has 0 spiro atoms. The second kappa shape index (κ2) is 3.40. The van der Waals surface area contributed by atoms with Crippen molar-refractivity contribution >= 4 is 0 Å². The molecule has 14 heavy (non-hydrogen) atoms. The first-order valence-corrected chi connectivity index (χ1v) is 6.58. The van der Waals surface area contributed by atoms with Gasteiger partial charge in [-0.1, -0.05) is 18.1 Å². The maximum absolute atomic E-state index is 2.49. The summed E-state index contributed by atoms with van der Waals surface area (Å²) < 4.78 is 0. The predicted molar refractivity (Wildman–Crippen MR) is 60.1 cm³/mol.